The standard InChI is InChI=1S/C18H20N2O/c1-21-16-5-2-14(3-6-16)17-7-4-15(12-19-17)18-8-10-20(13-18)11-9-18/h2-7,12H,8-11,13H2,1H3. The highest BCUT2D eigenvalue weighted by atomic mass is 16.5. The molecule has 0 spiro atoms. The van der Waals surface area contributed by atoms with Crippen LogP contribution in [0.25, 0.3) is 11.3 Å². The van der Waals surface area contributed by atoms with Crippen LogP contribution in [0, 0.1) is 0 Å². The second-order valence-electron chi connectivity index (χ2n) is 6.22. The van der Waals surface area contributed by atoms with Crippen LogP contribution in [-0.2, 0) is 5.41 Å². The minimum Gasteiger partial charge on any atom is -0.497 e. The number of nitrogens with zero attached hydrogens (tertiary/aromatic N) is 2. The normalized spacial score (nSPS) is 27.0. The maximum Gasteiger partial charge on any atom is 0.118 e. The molecule has 2 aliphatic rings. The summed E-state index contributed by atoms with van der Waals surface area (Å²) in [6.07, 6.45) is 4.67. The molecule has 1 aromatic heterocycles. The first-order chi connectivity index (χ1) is 10.3. The Morgan fingerprint density at radius 2 is 1.81 bits per heavy atom. The number of hydrogen-bond acceptors (Lipinski definition) is 3. The molecular formula is C18H20N2O. The van der Waals surface area contributed by atoms with Gasteiger partial charge in [-0.2, -0.15) is 0 Å². The van der Waals surface area contributed by atoms with Crippen LogP contribution in [0.5, 0.6) is 5.75 Å². The van der Waals surface area contributed by atoms with Crippen LogP contribution >= 0.6 is 0 Å². The SMILES string of the molecule is COc1ccc(-c2ccc(C34CCN(CC3)C4)cn2)cc1. The van der Waals surface area contributed by atoms with Gasteiger partial charge in [-0.1, -0.05) is 6.07 Å². The van der Waals surface area contributed by atoms with Gasteiger partial charge in [0.15, 0.2) is 0 Å². The lowest BCUT2D eigenvalue weighted by molar-refractivity contribution is 0.364. The molecule has 108 valence electrons. The summed E-state index contributed by atoms with van der Waals surface area (Å²) in [5, 5.41) is 0. The van der Waals surface area contributed by atoms with Crippen LogP contribution in [0.1, 0.15) is 18.4 Å². The van der Waals surface area contributed by atoms with Gasteiger partial charge in [0.05, 0.1) is 12.8 Å². The Balaban J connectivity index is 1.61. The van der Waals surface area contributed by atoms with Crippen molar-refractivity contribution in [3.05, 3.63) is 48.2 Å². The summed E-state index contributed by atoms with van der Waals surface area (Å²) < 4.78 is 5.20. The van der Waals surface area contributed by atoms with Gasteiger partial charge in [-0.3, -0.25) is 4.98 Å². The van der Waals surface area contributed by atoms with E-state index in [1.807, 2.05) is 12.1 Å². The molecule has 3 nitrogen and oxygen atoms in total. The van der Waals surface area contributed by atoms with Crippen LogP contribution in [-0.4, -0.2) is 36.6 Å². The first-order valence-corrected chi connectivity index (χ1v) is 7.62. The molecule has 0 unspecified atom stereocenters. The minimum absolute atomic E-state index is 0.380. The molecule has 0 aliphatic carbocycles. The van der Waals surface area contributed by atoms with Crippen molar-refractivity contribution >= 4 is 0 Å². The Kier molecular flexibility index (Phi) is 2.96. The van der Waals surface area contributed by atoms with E-state index in [2.05, 4.69) is 35.4 Å². The molecule has 2 bridgehead atoms. The number of ether oxygens (including phenoxy) is 1. The number of rotatable bonds is 3. The highest BCUT2D eigenvalue weighted by molar-refractivity contribution is 5.60. The van der Waals surface area contributed by atoms with Gasteiger partial charge in [0.2, 0.25) is 0 Å². The van der Waals surface area contributed by atoms with Crippen LogP contribution < -0.4 is 4.74 Å². The van der Waals surface area contributed by atoms with Gasteiger partial charge in [0.25, 0.3) is 0 Å². The Labute approximate surface area is 125 Å². The quantitative estimate of drug-likeness (QED) is 0.864. The number of methoxy groups -OCH3 is 1. The van der Waals surface area contributed by atoms with Crippen molar-refractivity contribution < 1.29 is 4.74 Å². The van der Waals surface area contributed by atoms with Gasteiger partial charge in [-0.25, -0.2) is 0 Å². The zero-order chi connectivity index (χ0) is 14.3. The summed E-state index contributed by atoms with van der Waals surface area (Å²) in [5.74, 6) is 0.881. The van der Waals surface area contributed by atoms with E-state index in [1.54, 1.807) is 7.11 Å². The molecule has 0 atom stereocenters. The summed E-state index contributed by atoms with van der Waals surface area (Å²) in [7, 11) is 1.69. The van der Waals surface area contributed by atoms with E-state index in [9.17, 15) is 0 Å². The number of pyridine rings is 1. The van der Waals surface area contributed by atoms with Gasteiger partial charge in [0, 0.05) is 23.7 Å². The molecule has 21 heavy (non-hydrogen) atoms. The van der Waals surface area contributed by atoms with E-state index in [4.69, 9.17) is 9.72 Å². The summed E-state index contributed by atoms with van der Waals surface area (Å²) in [5.41, 5.74) is 3.97. The molecule has 0 radical (unpaired) electrons. The van der Waals surface area contributed by atoms with Crippen LogP contribution in [0.4, 0.5) is 0 Å². The summed E-state index contributed by atoms with van der Waals surface area (Å²) >= 11 is 0. The zero-order valence-corrected chi connectivity index (χ0v) is 12.4. The van der Waals surface area contributed by atoms with E-state index < -0.39 is 0 Å². The maximum absolute atomic E-state index is 5.20. The van der Waals surface area contributed by atoms with Gasteiger partial charge >= 0.3 is 0 Å². The lowest BCUT2D eigenvalue weighted by atomic mass is 9.78. The number of piperidine rings is 1. The number of hydrogen-bond donors (Lipinski definition) is 0. The average Bonchev–Trinajstić information content (AvgIpc) is 3.17. The highest BCUT2D eigenvalue weighted by Crippen LogP contribution is 2.43. The molecule has 1 aromatic carbocycles. The molecule has 3 heterocycles. The van der Waals surface area contributed by atoms with E-state index in [0.717, 1.165) is 17.0 Å². The predicted octanol–water partition coefficient (Wildman–Crippen LogP) is 3.10. The predicted molar refractivity (Wildman–Crippen MR) is 83.6 cm³/mol. The van der Waals surface area contributed by atoms with Crippen molar-refractivity contribution in [2.24, 2.45) is 0 Å². The Morgan fingerprint density at radius 1 is 1.05 bits per heavy atom. The van der Waals surface area contributed by atoms with E-state index in [1.165, 1.54) is 38.0 Å². The molecule has 0 N–H and O–H groups in total. The minimum atomic E-state index is 0.380. The van der Waals surface area contributed by atoms with E-state index in [-0.39, 0.29) is 0 Å². The Morgan fingerprint density at radius 3 is 2.33 bits per heavy atom. The lowest BCUT2D eigenvalue weighted by Crippen LogP contribution is -2.24. The van der Waals surface area contributed by atoms with Crippen molar-refractivity contribution in [1.29, 1.82) is 0 Å². The monoisotopic (exact) mass is 280 g/mol. The molecule has 4 rings (SSSR count). The van der Waals surface area contributed by atoms with Crippen molar-refractivity contribution in [3.8, 4) is 17.0 Å². The average molecular weight is 280 g/mol. The second kappa shape index (κ2) is 4.85. The number of benzene rings is 1. The summed E-state index contributed by atoms with van der Waals surface area (Å²) in [4.78, 5) is 7.27. The molecule has 0 amide bonds. The fourth-order valence-electron chi connectivity index (χ4n) is 3.75. The smallest absolute Gasteiger partial charge is 0.118 e. The molecule has 2 aromatic rings. The molecule has 2 saturated heterocycles. The maximum atomic E-state index is 5.20. The van der Waals surface area contributed by atoms with Crippen molar-refractivity contribution in [2.75, 3.05) is 26.7 Å². The zero-order valence-electron chi connectivity index (χ0n) is 12.4. The van der Waals surface area contributed by atoms with Crippen molar-refractivity contribution in [1.82, 2.24) is 9.88 Å². The van der Waals surface area contributed by atoms with E-state index in [0.29, 0.717) is 5.41 Å². The first-order valence-electron chi connectivity index (χ1n) is 7.62. The van der Waals surface area contributed by atoms with Gasteiger partial charge in [-0.15, -0.1) is 0 Å². The van der Waals surface area contributed by atoms with Gasteiger partial charge in [0.1, 0.15) is 5.75 Å². The van der Waals surface area contributed by atoms with Crippen LogP contribution in [0.3, 0.4) is 0 Å². The molecule has 2 aliphatic heterocycles. The van der Waals surface area contributed by atoms with E-state index >= 15 is 0 Å². The summed E-state index contributed by atoms with van der Waals surface area (Å²) in [6, 6.07) is 12.5. The summed E-state index contributed by atoms with van der Waals surface area (Å²) in [6.45, 7) is 3.72. The largest absolute Gasteiger partial charge is 0.497 e. The number of aromatic nitrogens is 1. The molecule has 0 saturated carbocycles. The third-order valence-corrected chi connectivity index (χ3v) is 5.10. The van der Waals surface area contributed by atoms with Gasteiger partial charge in [-0.05, 0) is 61.8 Å². The second-order valence-corrected chi connectivity index (χ2v) is 6.22. The lowest BCUT2D eigenvalue weighted by Gasteiger charge is -2.25. The number of fused-ring (bicyclic) bond motifs is 2. The fraction of sp³-hybridized carbons (Fsp3) is 0.389. The van der Waals surface area contributed by atoms with Gasteiger partial charge < -0.3 is 9.64 Å². The Hall–Kier alpha value is -1.87. The molecule has 3 heteroatoms. The fourth-order valence-corrected chi connectivity index (χ4v) is 3.75. The highest BCUT2D eigenvalue weighted by Gasteiger charge is 2.44. The van der Waals surface area contributed by atoms with Crippen molar-refractivity contribution in [2.45, 2.75) is 18.3 Å². The molecule has 2 fully saturated rings. The van der Waals surface area contributed by atoms with Crippen LogP contribution in [0.15, 0.2) is 42.6 Å². The van der Waals surface area contributed by atoms with Crippen LogP contribution in [0.2, 0.25) is 0 Å². The van der Waals surface area contributed by atoms with Crippen molar-refractivity contribution in [3.63, 3.8) is 0 Å². The third-order valence-electron chi connectivity index (χ3n) is 5.10. The third kappa shape index (κ3) is 2.12. The topological polar surface area (TPSA) is 25.4 Å². The molecular weight excluding hydrogens is 260 g/mol. The first kappa shape index (κ1) is 12.8. The Bertz CT molecular complexity index is 625.